The van der Waals surface area contributed by atoms with Crippen molar-refractivity contribution >= 4 is 17.6 Å². The topological polar surface area (TPSA) is 93.7 Å². The van der Waals surface area contributed by atoms with Gasteiger partial charge in [0.05, 0.1) is 26.9 Å². The van der Waals surface area contributed by atoms with Gasteiger partial charge < -0.3 is 24.3 Å². The molecule has 2 heterocycles. The Morgan fingerprint density at radius 3 is 2.81 bits per heavy atom. The first-order valence-corrected chi connectivity index (χ1v) is 10.2. The number of nitrogens with one attached hydrogen (secondary N) is 2. The molecule has 0 bridgehead atoms. The van der Waals surface area contributed by atoms with Crippen LogP contribution in [0, 0.1) is 0 Å². The summed E-state index contributed by atoms with van der Waals surface area (Å²) >= 11 is 0. The van der Waals surface area contributed by atoms with Crippen molar-refractivity contribution in [2.75, 3.05) is 58.6 Å². The minimum Gasteiger partial charge on any atom is -0.497 e. The number of fused-ring (bicyclic) bond motifs is 1. The van der Waals surface area contributed by atoms with E-state index >= 15 is 0 Å². The quantitative estimate of drug-likeness (QED) is 0.539. The fourth-order valence-electron chi connectivity index (χ4n) is 3.29. The number of rotatable bonds is 6. The Morgan fingerprint density at radius 2 is 1.97 bits per heavy atom. The number of amides is 1. The van der Waals surface area contributed by atoms with E-state index in [1.165, 1.54) is 0 Å². The van der Waals surface area contributed by atoms with E-state index in [0.717, 1.165) is 38.5 Å². The Kier molecular flexibility index (Phi) is 6.85. The third-order valence-electron chi connectivity index (χ3n) is 4.99. The maximum Gasteiger partial charge on any atom is 0.258 e. The molecule has 0 unspecified atom stereocenters. The SMILES string of the molecule is COc1cccc(NC(=NCCN2CCOCC2)NC(=O)c2ccc3c(c2)OCO3)c1. The molecule has 2 aromatic rings. The van der Waals surface area contributed by atoms with Crippen LogP contribution in [0.2, 0.25) is 0 Å². The fraction of sp³-hybridized carbons (Fsp3) is 0.364. The van der Waals surface area contributed by atoms with Gasteiger partial charge in [-0.2, -0.15) is 0 Å². The zero-order valence-corrected chi connectivity index (χ0v) is 17.4. The first kappa shape index (κ1) is 21.0. The number of morpholine rings is 1. The lowest BCUT2D eigenvalue weighted by Crippen LogP contribution is -2.39. The van der Waals surface area contributed by atoms with Crippen LogP contribution in [-0.4, -0.2) is 70.1 Å². The summed E-state index contributed by atoms with van der Waals surface area (Å²) in [4.78, 5) is 19.7. The number of carbonyl (C=O) groups excluding carboxylic acids is 1. The largest absolute Gasteiger partial charge is 0.497 e. The summed E-state index contributed by atoms with van der Waals surface area (Å²) in [5.74, 6) is 1.97. The van der Waals surface area contributed by atoms with Crippen LogP contribution < -0.4 is 24.8 Å². The van der Waals surface area contributed by atoms with Crippen LogP contribution in [0.3, 0.4) is 0 Å². The maximum atomic E-state index is 12.9. The van der Waals surface area contributed by atoms with E-state index in [0.29, 0.717) is 35.3 Å². The molecule has 0 radical (unpaired) electrons. The number of hydrogen-bond donors (Lipinski definition) is 2. The number of ether oxygens (including phenoxy) is 4. The van der Waals surface area contributed by atoms with Gasteiger partial charge >= 0.3 is 0 Å². The van der Waals surface area contributed by atoms with Crippen LogP contribution in [0.1, 0.15) is 10.4 Å². The normalized spacial score (nSPS) is 16.1. The second-order valence-electron chi connectivity index (χ2n) is 7.06. The molecule has 2 aliphatic rings. The highest BCUT2D eigenvalue weighted by atomic mass is 16.7. The average Bonchev–Trinajstić information content (AvgIpc) is 3.28. The average molecular weight is 426 g/mol. The van der Waals surface area contributed by atoms with E-state index in [-0.39, 0.29) is 12.7 Å². The third-order valence-corrected chi connectivity index (χ3v) is 4.99. The number of hydrogen-bond acceptors (Lipinski definition) is 7. The van der Waals surface area contributed by atoms with Gasteiger partial charge in [0.1, 0.15) is 5.75 Å². The first-order chi connectivity index (χ1) is 15.2. The summed E-state index contributed by atoms with van der Waals surface area (Å²) in [6.45, 7) is 4.72. The fourth-order valence-corrected chi connectivity index (χ4v) is 3.29. The van der Waals surface area contributed by atoms with E-state index < -0.39 is 0 Å². The number of benzene rings is 2. The molecule has 164 valence electrons. The molecule has 9 heteroatoms. The molecule has 4 rings (SSSR count). The molecule has 31 heavy (non-hydrogen) atoms. The van der Waals surface area contributed by atoms with Crippen LogP contribution in [0.5, 0.6) is 17.2 Å². The molecule has 2 aliphatic heterocycles. The van der Waals surface area contributed by atoms with E-state index in [1.54, 1.807) is 25.3 Å². The number of methoxy groups -OCH3 is 1. The summed E-state index contributed by atoms with van der Waals surface area (Å²) in [7, 11) is 1.61. The molecule has 0 saturated carbocycles. The third kappa shape index (κ3) is 5.65. The van der Waals surface area contributed by atoms with Gasteiger partial charge in [-0.05, 0) is 30.3 Å². The lowest BCUT2D eigenvalue weighted by molar-refractivity contribution is 0.0394. The van der Waals surface area contributed by atoms with Crippen molar-refractivity contribution in [3.8, 4) is 17.2 Å². The molecule has 0 spiro atoms. The number of guanidine groups is 1. The molecule has 2 N–H and O–H groups in total. The molecular formula is C22H26N4O5. The van der Waals surface area contributed by atoms with Gasteiger partial charge in [-0.25, -0.2) is 0 Å². The van der Waals surface area contributed by atoms with Gasteiger partial charge in [-0.1, -0.05) is 6.07 Å². The van der Waals surface area contributed by atoms with Crippen molar-refractivity contribution in [3.63, 3.8) is 0 Å². The van der Waals surface area contributed by atoms with Gasteiger partial charge in [-0.15, -0.1) is 0 Å². The maximum absolute atomic E-state index is 12.9. The number of nitrogens with zero attached hydrogens (tertiary/aromatic N) is 2. The molecule has 0 atom stereocenters. The number of aliphatic imine (C=N–C) groups is 1. The summed E-state index contributed by atoms with van der Waals surface area (Å²) < 4.78 is 21.3. The van der Waals surface area contributed by atoms with Crippen molar-refractivity contribution in [1.29, 1.82) is 0 Å². The van der Waals surface area contributed by atoms with Gasteiger partial charge in [-0.3, -0.25) is 20.0 Å². The van der Waals surface area contributed by atoms with Crippen molar-refractivity contribution < 1.29 is 23.7 Å². The predicted octanol–water partition coefficient (Wildman–Crippen LogP) is 1.95. The minimum absolute atomic E-state index is 0.159. The first-order valence-electron chi connectivity index (χ1n) is 10.2. The Labute approximate surface area is 180 Å². The van der Waals surface area contributed by atoms with Crippen LogP contribution >= 0.6 is 0 Å². The Balaban J connectivity index is 1.46. The van der Waals surface area contributed by atoms with Crippen LogP contribution in [-0.2, 0) is 4.74 Å². The molecule has 9 nitrogen and oxygen atoms in total. The van der Waals surface area contributed by atoms with E-state index in [1.807, 2.05) is 24.3 Å². The Hall–Kier alpha value is -3.30. The second kappa shape index (κ2) is 10.1. The van der Waals surface area contributed by atoms with E-state index in [4.69, 9.17) is 18.9 Å². The molecule has 2 aromatic carbocycles. The molecule has 1 fully saturated rings. The zero-order chi connectivity index (χ0) is 21.5. The minimum atomic E-state index is -0.293. The lowest BCUT2D eigenvalue weighted by Gasteiger charge is -2.25. The number of carbonyl (C=O) groups is 1. The van der Waals surface area contributed by atoms with Crippen LogP contribution in [0.15, 0.2) is 47.5 Å². The summed E-state index contributed by atoms with van der Waals surface area (Å²) in [6, 6.07) is 12.5. The summed E-state index contributed by atoms with van der Waals surface area (Å²) in [5.41, 5.74) is 1.22. The van der Waals surface area contributed by atoms with E-state index in [9.17, 15) is 4.79 Å². The van der Waals surface area contributed by atoms with Gasteiger partial charge in [0.15, 0.2) is 11.5 Å². The lowest BCUT2D eigenvalue weighted by atomic mass is 10.2. The van der Waals surface area contributed by atoms with Crippen molar-refractivity contribution in [3.05, 3.63) is 48.0 Å². The Morgan fingerprint density at radius 1 is 1.13 bits per heavy atom. The van der Waals surface area contributed by atoms with Crippen molar-refractivity contribution in [2.24, 2.45) is 4.99 Å². The molecule has 1 saturated heterocycles. The van der Waals surface area contributed by atoms with Crippen molar-refractivity contribution in [1.82, 2.24) is 10.2 Å². The summed E-state index contributed by atoms with van der Waals surface area (Å²) in [5, 5.41) is 6.05. The molecule has 1 amide bonds. The monoisotopic (exact) mass is 426 g/mol. The highest BCUT2D eigenvalue weighted by Gasteiger charge is 2.17. The van der Waals surface area contributed by atoms with Gasteiger partial charge in [0.2, 0.25) is 12.8 Å². The Bertz CT molecular complexity index is 943. The molecule has 0 aliphatic carbocycles. The van der Waals surface area contributed by atoms with Gasteiger partial charge in [0, 0.05) is 37.0 Å². The smallest absolute Gasteiger partial charge is 0.258 e. The van der Waals surface area contributed by atoms with Crippen LogP contribution in [0.4, 0.5) is 5.69 Å². The van der Waals surface area contributed by atoms with Gasteiger partial charge in [0.25, 0.3) is 5.91 Å². The van der Waals surface area contributed by atoms with E-state index in [2.05, 4.69) is 20.5 Å². The number of anilines is 1. The molecule has 0 aromatic heterocycles. The second-order valence-corrected chi connectivity index (χ2v) is 7.06. The summed E-state index contributed by atoms with van der Waals surface area (Å²) in [6.07, 6.45) is 0. The highest BCUT2D eigenvalue weighted by molar-refractivity contribution is 6.10. The molecular weight excluding hydrogens is 400 g/mol. The van der Waals surface area contributed by atoms with Crippen LogP contribution in [0.25, 0.3) is 0 Å². The van der Waals surface area contributed by atoms with Crippen molar-refractivity contribution in [2.45, 2.75) is 0 Å². The standard InChI is InChI=1S/C22H26N4O5/c1-28-18-4-2-3-17(14-18)24-22(23-7-8-26-9-11-29-12-10-26)25-21(27)16-5-6-19-20(13-16)31-15-30-19/h2-6,13-14H,7-12,15H2,1H3,(H2,23,24,25,27). The highest BCUT2D eigenvalue weighted by Crippen LogP contribution is 2.32. The predicted molar refractivity (Wildman–Crippen MR) is 116 cm³/mol. The zero-order valence-electron chi connectivity index (χ0n) is 17.4.